The number of anilines is 1. The average Bonchev–Trinajstić information content (AvgIpc) is 2.99. The van der Waals surface area contributed by atoms with E-state index in [1.165, 1.54) is 0 Å². The number of nitrogens with two attached hydrogens (primary N) is 1. The Morgan fingerprint density at radius 2 is 2.25 bits per heavy atom. The van der Waals surface area contributed by atoms with Gasteiger partial charge in [-0.05, 0) is 25.0 Å². The van der Waals surface area contributed by atoms with Crippen LogP contribution in [-0.2, 0) is 0 Å². The summed E-state index contributed by atoms with van der Waals surface area (Å²) in [5.74, 6) is -0.905. The second-order valence-electron chi connectivity index (χ2n) is 4.06. The van der Waals surface area contributed by atoms with E-state index in [1.54, 1.807) is 10.6 Å². The molecule has 3 N–H and O–H groups in total. The lowest BCUT2D eigenvalue weighted by molar-refractivity contribution is 0.0678. The summed E-state index contributed by atoms with van der Waals surface area (Å²) in [6, 6.07) is 5.70. The van der Waals surface area contributed by atoms with Gasteiger partial charge >= 0.3 is 5.97 Å². The SMILES string of the molecule is Nc1cccc2c1nc(C(=O)O)n2C1CC1. The van der Waals surface area contributed by atoms with Gasteiger partial charge < -0.3 is 15.4 Å². The number of nitrogen functional groups attached to an aromatic ring is 1. The molecule has 1 aromatic carbocycles. The molecule has 82 valence electrons. The summed E-state index contributed by atoms with van der Waals surface area (Å²) in [7, 11) is 0. The van der Waals surface area contributed by atoms with Crippen molar-refractivity contribution in [1.82, 2.24) is 9.55 Å². The average molecular weight is 217 g/mol. The molecule has 0 aliphatic heterocycles. The molecule has 3 rings (SSSR count). The van der Waals surface area contributed by atoms with Gasteiger partial charge in [0.25, 0.3) is 0 Å². The number of rotatable bonds is 2. The lowest BCUT2D eigenvalue weighted by atomic mass is 10.3. The van der Waals surface area contributed by atoms with E-state index < -0.39 is 5.97 Å². The summed E-state index contributed by atoms with van der Waals surface area (Å²) in [6.07, 6.45) is 2.03. The molecule has 2 aromatic rings. The first kappa shape index (κ1) is 9.21. The molecule has 0 spiro atoms. The van der Waals surface area contributed by atoms with Gasteiger partial charge in [0.05, 0.1) is 11.2 Å². The largest absolute Gasteiger partial charge is 0.475 e. The zero-order chi connectivity index (χ0) is 11.3. The number of hydrogen-bond acceptors (Lipinski definition) is 3. The summed E-state index contributed by atoms with van der Waals surface area (Å²) < 4.78 is 1.79. The minimum Gasteiger partial charge on any atom is -0.475 e. The van der Waals surface area contributed by atoms with Gasteiger partial charge in [-0.2, -0.15) is 0 Å². The Labute approximate surface area is 91.5 Å². The van der Waals surface area contributed by atoms with E-state index in [0.717, 1.165) is 18.4 Å². The van der Waals surface area contributed by atoms with Crippen molar-refractivity contribution < 1.29 is 9.90 Å². The molecule has 1 heterocycles. The van der Waals surface area contributed by atoms with Gasteiger partial charge in [-0.1, -0.05) is 6.07 Å². The van der Waals surface area contributed by atoms with E-state index in [9.17, 15) is 4.79 Å². The Bertz CT molecular complexity index is 584. The molecule has 1 aliphatic carbocycles. The molecule has 5 nitrogen and oxygen atoms in total. The van der Waals surface area contributed by atoms with Gasteiger partial charge in [-0.25, -0.2) is 9.78 Å². The Morgan fingerprint density at radius 3 is 2.88 bits per heavy atom. The normalized spacial score (nSPS) is 15.5. The van der Waals surface area contributed by atoms with E-state index in [2.05, 4.69) is 4.98 Å². The number of aromatic carboxylic acids is 1. The molecule has 0 bridgehead atoms. The Balaban J connectivity index is 2.37. The standard InChI is InChI=1S/C11H11N3O2/c12-7-2-1-3-8-9(7)13-10(11(15)16)14(8)6-4-5-6/h1-3,6H,4-5,12H2,(H,15,16). The molecule has 1 fully saturated rings. The monoisotopic (exact) mass is 217 g/mol. The summed E-state index contributed by atoms with van der Waals surface area (Å²) >= 11 is 0. The fourth-order valence-electron chi connectivity index (χ4n) is 1.99. The molecule has 0 radical (unpaired) electrons. The Hall–Kier alpha value is -2.04. The molecule has 0 atom stereocenters. The van der Waals surface area contributed by atoms with Crippen molar-refractivity contribution in [2.24, 2.45) is 0 Å². The summed E-state index contributed by atoms with van der Waals surface area (Å²) in [5, 5.41) is 9.11. The van der Waals surface area contributed by atoms with Gasteiger partial charge in [0.15, 0.2) is 0 Å². The van der Waals surface area contributed by atoms with Gasteiger partial charge in [-0.15, -0.1) is 0 Å². The highest BCUT2D eigenvalue weighted by atomic mass is 16.4. The minimum atomic E-state index is -0.998. The van der Waals surface area contributed by atoms with Crippen molar-refractivity contribution in [3.05, 3.63) is 24.0 Å². The van der Waals surface area contributed by atoms with Gasteiger partial charge in [0.2, 0.25) is 5.82 Å². The van der Waals surface area contributed by atoms with E-state index in [4.69, 9.17) is 10.8 Å². The van der Waals surface area contributed by atoms with Gasteiger partial charge in [0, 0.05) is 6.04 Å². The van der Waals surface area contributed by atoms with Crippen LogP contribution in [-0.4, -0.2) is 20.6 Å². The van der Waals surface area contributed by atoms with Crippen LogP contribution in [0.25, 0.3) is 11.0 Å². The second kappa shape index (κ2) is 2.98. The highest BCUT2D eigenvalue weighted by Gasteiger charge is 2.30. The molecule has 16 heavy (non-hydrogen) atoms. The van der Waals surface area contributed by atoms with Crippen molar-refractivity contribution in [3.63, 3.8) is 0 Å². The topological polar surface area (TPSA) is 81.1 Å². The number of aromatic nitrogens is 2. The number of hydrogen-bond donors (Lipinski definition) is 2. The number of carbonyl (C=O) groups is 1. The Morgan fingerprint density at radius 1 is 1.50 bits per heavy atom. The molecule has 0 unspecified atom stereocenters. The zero-order valence-electron chi connectivity index (χ0n) is 8.55. The van der Waals surface area contributed by atoms with Crippen molar-refractivity contribution in [2.45, 2.75) is 18.9 Å². The molecule has 0 saturated heterocycles. The second-order valence-corrected chi connectivity index (χ2v) is 4.06. The van der Waals surface area contributed by atoms with Crippen LogP contribution in [0, 0.1) is 0 Å². The molecule has 1 saturated carbocycles. The van der Waals surface area contributed by atoms with Crippen LogP contribution in [0.3, 0.4) is 0 Å². The molecule has 1 aromatic heterocycles. The van der Waals surface area contributed by atoms with Gasteiger partial charge in [0.1, 0.15) is 5.52 Å². The maximum atomic E-state index is 11.1. The van der Waals surface area contributed by atoms with E-state index >= 15 is 0 Å². The number of para-hydroxylation sites is 1. The molecule has 1 aliphatic rings. The van der Waals surface area contributed by atoms with Gasteiger partial charge in [-0.3, -0.25) is 0 Å². The van der Waals surface area contributed by atoms with Crippen LogP contribution in [0.15, 0.2) is 18.2 Å². The van der Waals surface area contributed by atoms with Crippen molar-refractivity contribution in [3.8, 4) is 0 Å². The first-order valence-electron chi connectivity index (χ1n) is 5.18. The van der Waals surface area contributed by atoms with E-state index in [0.29, 0.717) is 11.2 Å². The first-order valence-corrected chi connectivity index (χ1v) is 5.18. The third kappa shape index (κ3) is 1.18. The number of fused-ring (bicyclic) bond motifs is 1. The Kier molecular flexibility index (Phi) is 1.71. The predicted octanol–water partition coefficient (Wildman–Crippen LogP) is 1.65. The third-order valence-electron chi connectivity index (χ3n) is 2.85. The van der Waals surface area contributed by atoms with Crippen LogP contribution < -0.4 is 5.73 Å². The fourth-order valence-corrected chi connectivity index (χ4v) is 1.99. The number of carboxylic acid groups (broad SMARTS) is 1. The highest BCUT2D eigenvalue weighted by Crippen LogP contribution is 2.39. The van der Waals surface area contributed by atoms with Crippen LogP contribution in [0.5, 0.6) is 0 Å². The predicted molar refractivity (Wildman–Crippen MR) is 59.4 cm³/mol. The molecule has 0 amide bonds. The minimum absolute atomic E-state index is 0.0930. The van der Waals surface area contributed by atoms with Crippen molar-refractivity contribution in [1.29, 1.82) is 0 Å². The van der Waals surface area contributed by atoms with Crippen LogP contribution >= 0.6 is 0 Å². The zero-order valence-corrected chi connectivity index (χ0v) is 8.55. The molecular weight excluding hydrogens is 206 g/mol. The molecular formula is C11H11N3O2. The lowest BCUT2D eigenvalue weighted by Crippen LogP contribution is -2.08. The van der Waals surface area contributed by atoms with Crippen molar-refractivity contribution in [2.75, 3.05) is 5.73 Å². The van der Waals surface area contributed by atoms with E-state index in [1.807, 2.05) is 12.1 Å². The summed E-state index contributed by atoms with van der Waals surface area (Å²) in [4.78, 5) is 15.2. The summed E-state index contributed by atoms with van der Waals surface area (Å²) in [5.41, 5.74) is 7.73. The van der Waals surface area contributed by atoms with E-state index in [-0.39, 0.29) is 11.9 Å². The quantitative estimate of drug-likeness (QED) is 0.749. The summed E-state index contributed by atoms with van der Waals surface area (Å²) in [6.45, 7) is 0. The van der Waals surface area contributed by atoms with Crippen LogP contribution in [0.4, 0.5) is 5.69 Å². The number of carboxylic acids is 1. The van der Waals surface area contributed by atoms with Crippen LogP contribution in [0.1, 0.15) is 29.5 Å². The maximum Gasteiger partial charge on any atom is 0.372 e. The fraction of sp³-hybridized carbons (Fsp3) is 0.273. The number of nitrogens with zero attached hydrogens (tertiary/aromatic N) is 2. The van der Waals surface area contributed by atoms with Crippen LogP contribution in [0.2, 0.25) is 0 Å². The highest BCUT2D eigenvalue weighted by molar-refractivity contribution is 5.94. The molecule has 5 heteroatoms. The third-order valence-corrected chi connectivity index (χ3v) is 2.85. The number of benzene rings is 1. The first-order chi connectivity index (χ1) is 7.68. The smallest absolute Gasteiger partial charge is 0.372 e. The number of imidazole rings is 1. The lowest BCUT2D eigenvalue weighted by Gasteiger charge is -2.03. The maximum absolute atomic E-state index is 11.1. The van der Waals surface area contributed by atoms with Crippen molar-refractivity contribution >= 4 is 22.7 Å².